The van der Waals surface area contributed by atoms with Crippen molar-refractivity contribution in [2.75, 3.05) is 19.4 Å². The van der Waals surface area contributed by atoms with Gasteiger partial charge in [0.1, 0.15) is 17.6 Å². The first-order chi connectivity index (χ1) is 16.5. The first-order valence-electron chi connectivity index (χ1n) is 11.7. The van der Waals surface area contributed by atoms with Crippen molar-refractivity contribution in [2.45, 2.75) is 51.7 Å². The lowest BCUT2D eigenvalue weighted by Crippen LogP contribution is -2.32. The number of nitrogens with zero attached hydrogens (tertiary/aromatic N) is 1. The Kier molecular flexibility index (Phi) is 6.69. The van der Waals surface area contributed by atoms with E-state index in [0.29, 0.717) is 22.8 Å². The Morgan fingerprint density at radius 2 is 1.94 bits per heavy atom. The molecule has 0 spiro atoms. The molecule has 0 fully saturated rings. The molecule has 0 aliphatic carbocycles. The molecule has 0 aromatic heterocycles. The number of carbonyl (C=O) groups is 2. The molecule has 7 heteroatoms. The lowest BCUT2D eigenvalue weighted by atomic mass is 9.81. The van der Waals surface area contributed by atoms with Crippen LogP contribution in [0.1, 0.15) is 57.3 Å². The lowest BCUT2D eigenvalue weighted by Gasteiger charge is -2.37. The number of benzene rings is 2. The van der Waals surface area contributed by atoms with Gasteiger partial charge in [-0.2, -0.15) is 0 Å². The fourth-order valence-corrected chi connectivity index (χ4v) is 5.10. The molecule has 0 saturated carbocycles. The Bertz CT molecular complexity index is 1250. The number of carbonyl (C=O) groups excluding carboxylic acids is 2. The number of allylic oxidation sites excluding steroid dienone is 1. The third-order valence-corrected chi connectivity index (χ3v) is 6.62. The molecule has 2 aliphatic heterocycles. The van der Waals surface area contributed by atoms with E-state index in [1.807, 2.05) is 12.1 Å². The quantitative estimate of drug-likeness (QED) is 0.286. The number of fused-ring (bicyclic) bond motifs is 5. The van der Waals surface area contributed by atoms with E-state index in [1.54, 1.807) is 26.2 Å². The van der Waals surface area contributed by atoms with Crippen LogP contribution < -0.4 is 14.8 Å². The van der Waals surface area contributed by atoms with Gasteiger partial charge in [0.2, 0.25) is 5.91 Å². The van der Waals surface area contributed by atoms with E-state index in [1.165, 1.54) is 4.90 Å². The van der Waals surface area contributed by atoms with Gasteiger partial charge in [-0.3, -0.25) is 9.59 Å². The third kappa shape index (κ3) is 4.80. The van der Waals surface area contributed by atoms with E-state index in [-0.39, 0.29) is 36.1 Å². The summed E-state index contributed by atoms with van der Waals surface area (Å²) in [6.07, 6.45) is 4.52. The first-order valence-corrected chi connectivity index (χ1v) is 12.1. The summed E-state index contributed by atoms with van der Waals surface area (Å²) in [5.41, 5.74) is 5.80. The van der Waals surface area contributed by atoms with E-state index in [0.717, 1.165) is 28.0 Å². The molecule has 2 aliphatic rings. The smallest absolute Gasteiger partial charge is 0.311 e. The van der Waals surface area contributed by atoms with Gasteiger partial charge in [0.25, 0.3) is 0 Å². The molecule has 2 aromatic rings. The maximum atomic E-state index is 12.4. The van der Waals surface area contributed by atoms with Gasteiger partial charge in [0, 0.05) is 49.3 Å². The Morgan fingerprint density at radius 1 is 1.20 bits per heavy atom. The molecule has 0 saturated heterocycles. The van der Waals surface area contributed by atoms with Gasteiger partial charge in [0.15, 0.2) is 0 Å². The van der Waals surface area contributed by atoms with Crippen molar-refractivity contribution in [3.05, 3.63) is 59.1 Å². The van der Waals surface area contributed by atoms with Crippen molar-refractivity contribution >= 4 is 34.7 Å². The standard InChI is InChI=1S/C28H31ClN2O4/c1-7-8-19-25-17(9-10-18-24(25)16(2)15-28(3,4)30-18)26-20(34-19)11-12-21(27(26)29)35-23(33)14-13-22(32)31(5)6/h7,9-12,15,19,30H,1,8,13-14H2,2-6H3. The second kappa shape index (κ2) is 9.42. The molecule has 2 aromatic carbocycles. The summed E-state index contributed by atoms with van der Waals surface area (Å²) in [7, 11) is 3.30. The SMILES string of the molecule is C=CCC1Oc2ccc(OC(=O)CCC(=O)N(C)C)c(Cl)c2-c2ccc3c(c21)C(C)=CC(C)(C)N3. The summed E-state index contributed by atoms with van der Waals surface area (Å²) in [6.45, 7) is 10.3. The highest BCUT2D eigenvalue weighted by Crippen LogP contribution is 2.53. The second-order valence-electron chi connectivity index (χ2n) is 9.77. The maximum absolute atomic E-state index is 12.4. The number of amides is 1. The van der Waals surface area contributed by atoms with Crippen molar-refractivity contribution < 1.29 is 19.1 Å². The summed E-state index contributed by atoms with van der Waals surface area (Å²) in [5.74, 6) is 0.217. The van der Waals surface area contributed by atoms with Crippen LogP contribution in [0.25, 0.3) is 16.7 Å². The van der Waals surface area contributed by atoms with Crippen LogP contribution in [0.15, 0.2) is 43.0 Å². The average molecular weight is 495 g/mol. The van der Waals surface area contributed by atoms with Gasteiger partial charge in [-0.1, -0.05) is 29.8 Å². The number of ether oxygens (including phenoxy) is 2. The van der Waals surface area contributed by atoms with Crippen molar-refractivity contribution in [1.29, 1.82) is 0 Å². The molecule has 184 valence electrons. The second-order valence-corrected chi connectivity index (χ2v) is 10.1. The minimum Gasteiger partial charge on any atom is -0.485 e. The van der Waals surface area contributed by atoms with E-state index < -0.39 is 5.97 Å². The Hall–Kier alpha value is -3.25. The number of nitrogens with one attached hydrogen (secondary N) is 1. The molecule has 4 rings (SSSR count). The molecular formula is C28H31ClN2O4. The third-order valence-electron chi connectivity index (χ3n) is 6.25. The Labute approximate surface area is 211 Å². The van der Waals surface area contributed by atoms with Crippen LogP contribution in [0.3, 0.4) is 0 Å². The topological polar surface area (TPSA) is 67.9 Å². The molecule has 6 nitrogen and oxygen atoms in total. The molecule has 1 atom stereocenters. The average Bonchev–Trinajstić information content (AvgIpc) is 2.78. The molecule has 35 heavy (non-hydrogen) atoms. The summed E-state index contributed by atoms with van der Waals surface area (Å²) >= 11 is 6.82. The number of anilines is 1. The predicted molar refractivity (Wildman–Crippen MR) is 140 cm³/mol. The number of rotatable bonds is 6. The number of halogens is 1. The zero-order chi connectivity index (χ0) is 25.5. The summed E-state index contributed by atoms with van der Waals surface area (Å²) < 4.78 is 12.0. The largest absolute Gasteiger partial charge is 0.485 e. The fourth-order valence-electron chi connectivity index (χ4n) is 4.80. The van der Waals surface area contributed by atoms with Gasteiger partial charge in [-0.25, -0.2) is 0 Å². The van der Waals surface area contributed by atoms with Crippen LogP contribution in [0.4, 0.5) is 5.69 Å². The molecule has 0 radical (unpaired) electrons. The highest BCUT2D eigenvalue weighted by atomic mass is 35.5. The van der Waals surface area contributed by atoms with Crippen molar-refractivity contribution in [2.24, 2.45) is 0 Å². The summed E-state index contributed by atoms with van der Waals surface area (Å²) in [6, 6.07) is 7.52. The van der Waals surface area contributed by atoms with Crippen molar-refractivity contribution in [3.8, 4) is 22.6 Å². The van der Waals surface area contributed by atoms with Crippen LogP contribution in [-0.4, -0.2) is 36.4 Å². The van der Waals surface area contributed by atoms with E-state index in [2.05, 4.69) is 44.8 Å². The van der Waals surface area contributed by atoms with E-state index in [9.17, 15) is 9.59 Å². The molecule has 2 heterocycles. The summed E-state index contributed by atoms with van der Waals surface area (Å²) in [5, 5.41) is 3.90. The maximum Gasteiger partial charge on any atom is 0.311 e. The van der Waals surface area contributed by atoms with Crippen LogP contribution in [0.2, 0.25) is 5.02 Å². The van der Waals surface area contributed by atoms with Gasteiger partial charge in [-0.15, -0.1) is 6.58 Å². The summed E-state index contributed by atoms with van der Waals surface area (Å²) in [4.78, 5) is 25.7. The Balaban J connectivity index is 1.75. The van der Waals surface area contributed by atoms with E-state index >= 15 is 0 Å². The van der Waals surface area contributed by atoms with Gasteiger partial charge in [0.05, 0.1) is 17.0 Å². The van der Waals surface area contributed by atoms with Crippen molar-refractivity contribution in [3.63, 3.8) is 0 Å². The minimum atomic E-state index is -0.515. The van der Waals surface area contributed by atoms with Gasteiger partial charge < -0.3 is 19.7 Å². The zero-order valence-electron chi connectivity index (χ0n) is 20.8. The highest BCUT2D eigenvalue weighted by Gasteiger charge is 2.35. The van der Waals surface area contributed by atoms with E-state index in [4.69, 9.17) is 21.1 Å². The van der Waals surface area contributed by atoms with Crippen molar-refractivity contribution in [1.82, 2.24) is 4.90 Å². The van der Waals surface area contributed by atoms with Gasteiger partial charge in [-0.05, 0) is 50.1 Å². The van der Waals surface area contributed by atoms with Crippen LogP contribution in [-0.2, 0) is 9.59 Å². The number of hydrogen-bond acceptors (Lipinski definition) is 5. The zero-order valence-corrected chi connectivity index (χ0v) is 21.6. The predicted octanol–water partition coefficient (Wildman–Crippen LogP) is 6.40. The molecule has 0 bridgehead atoms. The number of esters is 1. The van der Waals surface area contributed by atoms with Gasteiger partial charge >= 0.3 is 5.97 Å². The fraction of sp³-hybridized carbons (Fsp3) is 0.357. The minimum absolute atomic E-state index is 0.0299. The van der Waals surface area contributed by atoms with Crippen LogP contribution in [0.5, 0.6) is 11.5 Å². The molecular weight excluding hydrogens is 464 g/mol. The normalized spacial score (nSPS) is 17.0. The monoisotopic (exact) mass is 494 g/mol. The lowest BCUT2D eigenvalue weighted by molar-refractivity contribution is -0.138. The highest BCUT2D eigenvalue weighted by molar-refractivity contribution is 6.35. The number of hydrogen-bond donors (Lipinski definition) is 1. The molecule has 1 amide bonds. The van der Waals surface area contributed by atoms with Crippen LogP contribution >= 0.6 is 11.6 Å². The first kappa shape index (κ1) is 24.9. The molecule has 1 unspecified atom stereocenters. The molecule has 1 N–H and O–H groups in total. The van der Waals surface area contributed by atoms with Crippen LogP contribution in [0, 0.1) is 0 Å². The Morgan fingerprint density at radius 3 is 2.63 bits per heavy atom.